The molecule has 1 unspecified atom stereocenters. The summed E-state index contributed by atoms with van der Waals surface area (Å²) >= 11 is 6.34. The largest absolute Gasteiger partial charge is 0.302 e. The molecule has 1 atom stereocenters. The Hall–Kier alpha value is -0.870. The highest BCUT2D eigenvalue weighted by atomic mass is 35.5. The van der Waals surface area contributed by atoms with Crippen molar-refractivity contribution in [2.24, 2.45) is 7.05 Å². The fourth-order valence-corrected chi connectivity index (χ4v) is 2.90. The van der Waals surface area contributed by atoms with Gasteiger partial charge in [0.25, 0.3) is 0 Å². The third-order valence-corrected chi connectivity index (χ3v) is 4.11. The van der Waals surface area contributed by atoms with Crippen LogP contribution in [0.4, 0.5) is 0 Å². The van der Waals surface area contributed by atoms with Gasteiger partial charge in [-0.15, -0.1) is 0 Å². The summed E-state index contributed by atoms with van der Waals surface area (Å²) in [5.41, 5.74) is 1.95. The monoisotopic (exact) mass is 269 g/mol. The van der Waals surface area contributed by atoms with Gasteiger partial charge in [-0.05, 0) is 25.8 Å². The van der Waals surface area contributed by atoms with Crippen LogP contribution in [0, 0.1) is 0 Å². The summed E-state index contributed by atoms with van der Waals surface area (Å²) in [5, 5.41) is 5.17. The fraction of sp³-hybridized carbons (Fsp3) is 0.692. The van der Waals surface area contributed by atoms with Crippen molar-refractivity contribution in [1.82, 2.24) is 14.7 Å². The van der Waals surface area contributed by atoms with Crippen molar-refractivity contribution in [2.75, 3.05) is 6.54 Å². The molecule has 0 saturated carbocycles. The third kappa shape index (κ3) is 2.59. The Labute approximate surface area is 113 Å². The quantitative estimate of drug-likeness (QED) is 0.787. The smallest absolute Gasteiger partial charge is 0.137 e. The minimum atomic E-state index is 0.0368. The molecule has 2 rings (SSSR count). The Balaban J connectivity index is 2.17. The van der Waals surface area contributed by atoms with E-state index in [1.54, 1.807) is 0 Å². The number of nitrogens with zero attached hydrogens (tertiary/aromatic N) is 3. The lowest BCUT2D eigenvalue weighted by Gasteiger charge is -2.32. The molecule has 0 spiro atoms. The van der Waals surface area contributed by atoms with E-state index in [-0.39, 0.29) is 6.04 Å². The molecule has 1 fully saturated rings. The highest BCUT2D eigenvalue weighted by Gasteiger charge is 2.24. The topological polar surface area (TPSA) is 38.1 Å². The van der Waals surface area contributed by atoms with Crippen LogP contribution in [0.1, 0.15) is 37.6 Å². The molecule has 1 aromatic heterocycles. The number of aldehydes is 1. The summed E-state index contributed by atoms with van der Waals surface area (Å²) in [6.45, 7) is 3.73. The van der Waals surface area contributed by atoms with Crippen LogP contribution < -0.4 is 0 Å². The maximum Gasteiger partial charge on any atom is 0.137 e. The Morgan fingerprint density at radius 1 is 1.50 bits per heavy atom. The molecule has 0 amide bonds. The zero-order valence-corrected chi connectivity index (χ0v) is 11.8. The third-order valence-electron chi connectivity index (χ3n) is 3.68. The van der Waals surface area contributed by atoms with Crippen LogP contribution in [0.3, 0.4) is 0 Å². The highest BCUT2D eigenvalue weighted by molar-refractivity contribution is 6.31. The van der Waals surface area contributed by atoms with E-state index < -0.39 is 0 Å². The minimum Gasteiger partial charge on any atom is -0.302 e. The lowest BCUT2D eigenvalue weighted by atomic mass is 10.0. The molecular weight excluding hydrogens is 250 g/mol. The average molecular weight is 270 g/mol. The predicted octanol–water partition coefficient (Wildman–Crippen LogP) is 2.19. The SMILES string of the molecule is CCc1nn(C)c(CN2CCCCC2C=O)c1Cl. The Morgan fingerprint density at radius 2 is 2.28 bits per heavy atom. The van der Waals surface area contributed by atoms with Gasteiger partial charge in [-0.3, -0.25) is 9.58 Å². The molecule has 0 radical (unpaired) electrons. The number of carbonyl (C=O) groups excluding carboxylic acids is 1. The first-order valence-electron chi connectivity index (χ1n) is 6.57. The maximum absolute atomic E-state index is 11.1. The minimum absolute atomic E-state index is 0.0368. The normalized spacial score (nSPS) is 21.2. The van der Waals surface area contributed by atoms with Crippen LogP contribution in [-0.2, 0) is 24.8 Å². The summed E-state index contributed by atoms with van der Waals surface area (Å²) in [6.07, 6.45) is 5.15. The van der Waals surface area contributed by atoms with Gasteiger partial charge < -0.3 is 4.79 Å². The van der Waals surface area contributed by atoms with E-state index in [2.05, 4.69) is 10.00 Å². The molecule has 0 N–H and O–H groups in total. The van der Waals surface area contributed by atoms with Crippen LogP contribution in [0.25, 0.3) is 0 Å². The van der Waals surface area contributed by atoms with Gasteiger partial charge in [0.1, 0.15) is 6.29 Å². The van der Waals surface area contributed by atoms with E-state index >= 15 is 0 Å². The van der Waals surface area contributed by atoms with E-state index in [1.807, 2.05) is 18.7 Å². The summed E-state index contributed by atoms with van der Waals surface area (Å²) in [4.78, 5) is 13.3. The number of carbonyl (C=O) groups is 1. The molecule has 1 aliphatic rings. The predicted molar refractivity (Wildman–Crippen MR) is 71.7 cm³/mol. The number of rotatable bonds is 4. The molecule has 2 heterocycles. The summed E-state index contributed by atoms with van der Waals surface area (Å²) in [5.74, 6) is 0. The van der Waals surface area contributed by atoms with Crippen molar-refractivity contribution in [3.63, 3.8) is 0 Å². The molecule has 0 bridgehead atoms. The molecule has 0 aliphatic carbocycles. The number of likely N-dealkylation sites (tertiary alicyclic amines) is 1. The van der Waals surface area contributed by atoms with Crippen molar-refractivity contribution in [3.8, 4) is 0 Å². The summed E-state index contributed by atoms with van der Waals surface area (Å²) in [7, 11) is 1.92. The van der Waals surface area contributed by atoms with Gasteiger partial charge in [0.15, 0.2) is 0 Å². The first-order chi connectivity index (χ1) is 8.67. The second-order valence-electron chi connectivity index (χ2n) is 4.85. The van der Waals surface area contributed by atoms with Gasteiger partial charge in [0.2, 0.25) is 0 Å². The van der Waals surface area contributed by atoms with Crippen LogP contribution in [0.2, 0.25) is 5.02 Å². The van der Waals surface area contributed by atoms with Gasteiger partial charge in [-0.25, -0.2) is 0 Å². The van der Waals surface area contributed by atoms with Crippen LogP contribution in [0.5, 0.6) is 0 Å². The molecule has 4 nitrogen and oxygen atoms in total. The fourth-order valence-electron chi connectivity index (χ4n) is 2.55. The standard InChI is InChI=1S/C13H20ClN3O/c1-3-11-13(14)12(16(2)15-11)8-17-7-5-4-6-10(17)9-18/h9-10H,3-8H2,1-2H3. The van der Waals surface area contributed by atoms with Crippen LogP contribution >= 0.6 is 11.6 Å². The van der Waals surface area contributed by atoms with Gasteiger partial charge in [0.05, 0.1) is 22.5 Å². The summed E-state index contributed by atoms with van der Waals surface area (Å²) < 4.78 is 1.84. The maximum atomic E-state index is 11.1. The van der Waals surface area contributed by atoms with E-state index in [0.29, 0.717) is 6.54 Å². The average Bonchev–Trinajstić information content (AvgIpc) is 2.66. The van der Waals surface area contributed by atoms with Crippen molar-refractivity contribution in [1.29, 1.82) is 0 Å². The number of halogens is 1. The van der Waals surface area contributed by atoms with Gasteiger partial charge in [-0.1, -0.05) is 24.9 Å². The van der Waals surface area contributed by atoms with E-state index in [0.717, 1.165) is 54.9 Å². The number of aromatic nitrogens is 2. The van der Waals surface area contributed by atoms with Gasteiger partial charge in [0, 0.05) is 13.6 Å². The van der Waals surface area contributed by atoms with Crippen LogP contribution in [-0.4, -0.2) is 33.6 Å². The zero-order valence-electron chi connectivity index (χ0n) is 11.0. The molecule has 5 heteroatoms. The van der Waals surface area contributed by atoms with Crippen LogP contribution in [0.15, 0.2) is 0 Å². The number of piperidine rings is 1. The second-order valence-corrected chi connectivity index (χ2v) is 5.23. The first-order valence-corrected chi connectivity index (χ1v) is 6.94. The van der Waals surface area contributed by atoms with E-state index in [4.69, 9.17) is 11.6 Å². The lowest BCUT2D eigenvalue weighted by molar-refractivity contribution is -0.113. The number of hydrogen-bond donors (Lipinski definition) is 0. The molecule has 1 aromatic rings. The van der Waals surface area contributed by atoms with E-state index in [9.17, 15) is 4.79 Å². The molecule has 1 saturated heterocycles. The van der Waals surface area contributed by atoms with Gasteiger partial charge in [-0.2, -0.15) is 5.10 Å². The Morgan fingerprint density at radius 3 is 2.89 bits per heavy atom. The second kappa shape index (κ2) is 5.85. The zero-order chi connectivity index (χ0) is 13.1. The van der Waals surface area contributed by atoms with Gasteiger partial charge >= 0.3 is 0 Å². The van der Waals surface area contributed by atoms with Crippen molar-refractivity contribution in [2.45, 2.75) is 45.2 Å². The molecule has 18 heavy (non-hydrogen) atoms. The number of hydrogen-bond acceptors (Lipinski definition) is 3. The lowest BCUT2D eigenvalue weighted by Crippen LogP contribution is -2.40. The van der Waals surface area contributed by atoms with Crippen molar-refractivity contribution in [3.05, 3.63) is 16.4 Å². The first kappa shape index (κ1) is 13.6. The molecule has 0 aromatic carbocycles. The molecule has 1 aliphatic heterocycles. The summed E-state index contributed by atoms with van der Waals surface area (Å²) in [6, 6.07) is 0.0368. The van der Waals surface area contributed by atoms with E-state index in [1.165, 1.54) is 0 Å². The number of aryl methyl sites for hydroxylation is 2. The highest BCUT2D eigenvalue weighted by Crippen LogP contribution is 2.25. The van der Waals surface area contributed by atoms with Crippen molar-refractivity contribution >= 4 is 17.9 Å². The van der Waals surface area contributed by atoms with Crippen molar-refractivity contribution < 1.29 is 4.79 Å². The molecule has 100 valence electrons. The Kier molecular flexibility index (Phi) is 4.40. The Bertz CT molecular complexity index is 430. The molecular formula is C13H20ClN3O.